The van der Waals surface area contributed by atoms with Gasteiger partial charge in [0.2, 0.25) is 5.95 Å². The van der Waals surface area contributed by atoms with Crippen molar-refractivity contribution in [3.63, 3.8) is 0 Å². The third-order valence-corrected chi connectivity index (χ3v) is 4.62. The summed E-state index contributed by atoms with van der Waals surface area (Å²) in [6.07, 6.45) is -3.44. The molecule has 0 aliphatic carbocycles. The predicted molar refractivity (Wildman–Crippen MR) is 122 cm³/mol. The second kappa shape index (κ2) is 11.3. The lowest BCUT2D eigenvalue weighted by molar-refractivity contribution is -0.141. The SMILES string of the molecule is CN=C(NCCNc1nccc(C(F)(F)F)n1)N1CCN(c2ccccc2F)CC1.I. The number of benzene rings is 1. The van der Waals surface area contributed by atoms with Crippen LogP contribution in [0.4, 0.5) is 29.2 Å². The molecule has 2 N–H and O–H groups in total. The van der Waals surface area contributed by atoms with Crippen LogP contribution in [0.2, 0.25) is 0 Å². The number of hydrogen-bond acceptors (Lipinski definition) is 5. The first-order chi connectivity index (χ1) is 14.4. The lowest BCUT2D eigenvalue weighted by atomic mass is 10.2. The van der Waals surface area contributed by atoms with Crippen LogP contribution in [0.15, 0.2) is 41.5 Å². The fourth-order valence-electron chi connectivity index (χ4n) is 3.15. The van der Waals surface area contributed by atoms with Gasteiger partial charge in [-0.05, 0) is 18.2 Å². The molecule has 0 amide bonds. The zero-order valence-corrected chi connectivity index (χ0v) is 19.2. The molecule has 0 radical (unpaired) electrons. The van der Waals surface area contributed by atoms with Crippen LogP contribution in [-0.4, -0.2) is 67.1 Å². The number of aromatic nitrogens is 2. The van der Waals surface area contributed by atoms with Crippen LogP contribution in [0.1, 0.15) is 5.69 Å². The molecule has 7 nitrogen and oxygen atoms in total. The van der Waals surface area contributed by atoms with Gasteiger partial charge in [-0.1, -0.05) is 12.1 Å². The van der Waals surface area contributed by atoms with Crippen molar-refractivity contribution in [3.05, 3.63) is 48.0 Å². The van der Waals surface area contributed by atoms with Gasteiger partial charge < -0.3 is 20.4 Å². The molecule has 3 rings (SSSR count). The van der Waals surface area contributed by atoms with Crippen LogP contribution in [0.25, 0.3) is 0 Å². The van der Waals surface area contributed by atoms with Gasteiger partial charge in [0, 0.05) is 52.5 Å². The fraction of sp³-hybridized carbons (Fsp3) is 0.421. The minimum absolute atomic E-state index is 0. The van der Waals surface area contributed by atoms with E-state index in [1.54, 1.807) is 19.2 Å². The molecule has 1 aromatic carbocycles. The van der Waals surface area contributed by atoms with Crippen molar-refractivity contribution >= 4 is 41.6 Å². The van der Waals surface area contributed by atoms with E-state index < -0.39 is 11.9 Å². The quantitative estimate of drug-likeness (QED) is 0.195. The first-order valence-electron chi connectivity index (χ1n) is 9.47. The number of halogens is 5. The van der Waals surface area contributed by atoms with Gasteiger partial charge in [0.1, 0.15) is 11.5 Å². The van der Waals surface area contributed by atoms with E-state index in [0.29, 0.717) is 50.9 Å². The number of nitrogens with zero attached hydrogens (tertiary/aromatic N) is 5. The molecule has 1 aliphatic rings. The van der Waals surface area contributed by atoms with Gasteiger partial charge in [-0.25, -0.2) is 14.4 Å². The van der Waals surface area contributed by atoms with Crippen molar-refractivity contribution in [2.45, 2.75) is 6.18 Å². The minimum atomic E-state index is -4.51. The molecule has 0 bridgehead atoms. The summed E-state index contributed by atoms with van der Waals surface area (Å²) in [5, 5.41) is 5.93. The number of rotatable bonds is 5. The molecular formula is C19H24F4IN7. The Morgan fingerprint density at radius 3 is 2.45 bits per heavy atom. The topological polar surface area (TPSA) is 68.7 Å². The molecule has 31 heavy (non-hydrogen) atoms. The molecule has 0 saturated carbocycles. The number of guanidine groups is 1. The van der Waals surface area contributed by atoms with Gasteiger partial charge in [0.05, 0.1) is 5.69 Å². The first-order valence-corrected chi connectivity index (χ1v) is 9.47. The highest BCUT2D eigenvalue weighted by molar-refractivity contribution is 14.0. The van der Waals surface area contributed by atoms with Crippen LogP contribution < -0.4 is 15.5 Å². The third kappa shape index (κ3) is 6.80. The highest BCUT2D eigenvalue weighted by Gasteiger charge is 2.32. The maximum absolute atomic E-state index is 14.0. The summed E-state index contributed by atoms with van der Waals surface area (Å²) >= 11 is 0. The summed E-state index contributed by atoms with van der Waals surface area (Å²) in [4.78, 5) is 15.6. The maximum Gasteiger partial charge on any atom is 0.433 e. The lowest BCUT2D eigenvalue weighted by Gasteiger charge is -2.37. The minimum Gasteiger partial charge on any atom is -0.366 e. The molecular weight excluding hydrogens is 529 g/mol. The van der Waals surface area contributed by atoms with Crippen LogP contribution >= 0.6 is 24.0 Å². The number of nitrogens with one attached hydrogen (secondary N) is 2. The summed E-state index contributed by atoms with van der Waals surface area (Å²) in [5.74, 6) is 0.353. The molecule has 1 aromatic heterocycles. The second-order valence-electron chi connectivity index (χ2n) is 6.59. The molecule has 170 valence electrons. The molecule has 0 unspecified atom stereocenters. The van der Waals surface area contributed by atoms with Crippen LogP contribution in [0.3, 0.4) is 0 Å². The van der Waals surface area contributed by atoms with E-state index in [9.17, 15) is 17.6 Å². The normalized spacial score (nSPS) is 14.8. The average molecular weight is 553 g/mol. The van der Waals surface area contributed by atoms with Crippen molar-refractivity contribution in [1.29, 1.82) is 0 Å². The number of para-hydroxylation sites is 1. The molecule has 0 atom stereocenters. The average Bonchev–Trinajstić information content (AvgIpc) is 2.74. The Kier molecular flexibility index (Phi) is 9.07. The second-order valence-corrected chi connectivity index (χ2v) is 6.59. The van der Waals surface area contributed by atoms with Crippen molar-refractivity contribution in [3.8, 4) is 0 Å². The van der Waals surface area contributed by atoms with Gasteiger partial charge in [-0.15, -0.1) is 24.0 Å². The number of hydrogen-bond donors (Lipinski definition) is 2. The molecule has 1 aliphatic heterocycles. The summed E-state index contributed by atoms with van der Waals surface area (Å²) in [6.45, 7) is 3.36. The zero-order chi connectivity index (χ0) is 21.6. The standard InChI is InChI=1S/C19H23F4N7.HI/c1-24-18(27-9-8-26-17-25-7-6-16(28-17)19(21,22)23)30-12-10-29(11-13-30)15-5-3-2-4-14(15)20;/h2-7H,8-13H2,1H3,(H,24,27)(H,25,26,28);1H. The number of piperazine rings is 1. The molecule has 12 heteroatoms. The Labute approximate surface area is 195 Å². The smallest absolute Gasteiger partial charge is 0.366 e. The van der Waals surface area contributed by atoms with E-state index in [2.05, 4.69) is 30.5 Å². The van der Waals surface area contributed by atoms with Gasteiger partial charge >= 0.3 is 6.18 Å². The highest BCUT2D eigenvalue weighted by atomic mass is 127. The Morgan fingerprint density at radius 2 is 1.81 bits per heavy atom. The number of aliphatic imine (C=N–C) groups is 1. The van der Waals surface area contributed by atoms with E-state index in [0.717, 1.165) is 12.3 Å². The molecule has 2 aromatic rings. The Morgan fingerprint density at radius 1 is 1.10 bits per heavy atom. The van der Waals surface area contributed by atoms with Crippen molar-refractivity contribution < 1.29 is 17.6 Å². The summed E-state index contributed by atoms with van der Waals surface area (Å²) in [7, 11) is 1.66. The summed E-state index contributed by atoms with van der Waals surface area (Å²) in [6, 6.07) is 7.51. The molecule has 1 saturated heterocycles. The van der Waals surface area contributed by atoms with Gasteiger partial charge in [0.25, 0.3) is 0 Å². The zero-order valence-electron chi connectivity index (χ0n) is 16.9. The Hall–Kier alpha value is -2.38. The van der Waals surface area contributed by atoms with E-state index in [1.807, 2.05) is 11.0 Å². The molecule has 0 spiro atoms. The van der Waals surface area contributed by atoms with E-state index in [-0.39, 0.29) is 35.7 Å². The molecule has 2 heterocycles. The first kappa shape index (κ1) is 24.9. The van der Waals surface area contributed by atoms with Crippen LogP contribution in [0, 0.1) is 5.82 Å². The van der Waals surface area contributed by atoms with E-state index >= 15 is 0 Å². The largest absolute Gasteiger partial charge is 0.433 e. The highest BCUT2D eigenvalue weighted by Crippen LogP contribution is 2.27. The van der Waals surface area contributed by atoms with Crippen molar-refractivity contribution in [2.24, 2.45) is 4.99 Å². The van der Waals surface area contributed by atoms with Crippen molar-refractivity contribution in [2.75, 3.05) is 56.5 Å². The predicted octanol–water partition coefficient (Wildman–Crippen LogP) is 3.06. The van der Waals surface area contributed by atoms with E-state index in [1.165, 1.54) is 6.07 Å². The maximum atomic E-state index is 14.0. The van der Waals surface area contributed by atoms with Gasteiger partial charge in [-0.3, -0.25) is 4.99 Å². The molecule has 1 fully saturated rings. The monoisotopic (exact) mass is 553 g/mol. The third-order valence-electron chi connectivity index (χ3n) is 4.62. The van der Waals surface area contributed by atoms with Crippen LogP contribution in [-0.2, 0) is 6.18 Å². The van der Waals surface area contributed by atoms with E-state index in [4.69, 9.17) is 0 Å². The number of anilines is 2. The fourth-order valence-corrected chi connectivity index (χ4v) is 3.15. The summed E-state index contributed by atoms with van der Waals surface area (Å²) in [5.41, 5.74) is -0.401. The van der Waals surface area contributed by atoms with Crippen molar-refractivity contribution in [1.82, 2.24) is 20.2 Å². The summed E-state index contributed by atoms with van der Waals surface area (Å²) < 4.78 is 52.0. The Bertz CT molecular complexity index is 870. The van der Waals surface area contributed by atoms with Gasteiger partial charge in [0.15, 0.2) is 5.96 Å². The lowest BCUT2D eigenvalue weighted by Crippen LogP contribution is -2.53. The Balaban J connectivity index is 0.00000341. The number of alkyl halides is 3. The van der Waals surface area contributed by atoms with Gasteiger partial charge in [-0.2, -0.15) is 13.2 Å². The van der Waals surface area contributed by atoms with Crippen LogP contribution in [0.5, 0.6) is 0 Å².